The van der Waals surface area contributed by atoms with Gasteiger partial charge in [0, 0.05) is 87.3 Å². The molecule has 3 aromatic heterocycles. The Labute approximate surface area is 422 Å². The molecular weight excluding hydrogens is 889 g/mol. The zero-order chi connectivity index (χ0) is 50.0. The Hall–Kier alpha value is -8.04. The van der Waals surface area contributed by atoms with Crippen LogP contribution in [0.1, 0.15) is 56.7 Å². The van der Waals surface area contributed by atoms with Gasteiger partial charge in [0.1, 0.15) is 0 Å². The molecule has 10 rings (SSSR count). The predicted molar refractivity (Wildman–Crippen MR) is 294 cm³/mol. The number of benzene rings is 6. The van der Waals surface area contributed by atoms with Gasteiger partial charge in [-0.1, -0.05) is 89.5 Å². The van der Waals surface area contributed by atoms with Gasteiger partial charge >= 0.3 is 0 Å². The van der Waals surface area contributed by atoms with Crippen molar-refractivity contribution >= 4 is 67.5 Å². The molecule has 1 saturated carbocycles. The van der Waals surface area contributed by atoms with E-state index in [9.17, 15) is 0 Å². The van der Waals surface area contributed by atoms with E-state index >= 15 is 14.4 Å². The third-order valence-corrected chi connectivity index (χ3v) is 14.5. The van der Waals surface area contributed by atoms with Crippen LogP contribution in [0, 0.1) is 38.5 Å². The average Bonchev–Trinajstić information content (AvgIpc) is 3.41. The van der Waals surface area contributed by atoms with E-state index < -0.39 is 17.8 Å². The highest BCUT2D eigenvalue weighted by Gasteiger charge is 2.43. The topological polar surface area (TPSA) is 99.6 Å². The smallest absolute Gasteiger partial charge is 0.230 e. The van der Waals surface area contributed by atoms with E-state index in [4.69, 9.17) is 15.0 Å². The molecule has 0 unspecified atom stereocenters. The first-order chi connectivity index (χ1) is 35.0. The highest BCUT2D eigenvalue weighted by Crippen LogP contribution is 2.40. The highest BCUT2D eigenvalue weighted by molar-refractivity contribution is 6.01. The van der Waals surface area contributed by atoms with Crippen LogP contribution in [0.4, 0.5) is 17.1 Å². The minimum absolute atomic E-state index is 0.0874. The van der Waals surface area contributed by atoms with Crippen molar-refractivity contribution in [3.05, 3.63) is 180 Å². The summed E-state index contributed by atoms with van der Waals surface area (Å²) in [7, 11) is 0. The summed E-state index contributed by atoms with van der Waals surface area (Å²) in [4.78, 5) is 65.2. The van der Waals surface area contributed by atoms with Crippen molar-refractivity contribution < 1.29 is 14.4 Å². The Kier molecular flexibility index (Phi) is 13.5. The fourth-order valence-corrected chi connectivity index (χ4v) is 10.6. The van der Waals surface area contributed by atoms with Gasteiger partial charge < -0.3 is 14.7 Å². The first kappa shape index (κ1) is 47.6. The summed E-state index contributed by atoms with van der Waals surface area (Å²) in [6.07, 6.45) is 1.01. The summed E-state index contributed by atoms with van der Waals surface area (Å²) >= 11 is 0. The van der Waals surface area contributed by atoms with Crippen molar-refractivity contribution in [1.82, 2.24) is 15.0 Å². The van der Waals surface area contributed by atoms with E-state index in [1.807, 2.05) is 130 Å². The molecule has 3 amide bonds. The quantitative estimate of drug-likeness (QED) is 0.121. The van der Waals surface area contributed by atoms with Crippen LogP contribution >= 0.6 is 0 Å². The molecule has 0 N–H and O–H groups in total. The van der Waals surface area contributed by atoms with Crippen LogP contribution in [0.15, 0.2) is 164 Å². The van der Waals surface area contributed by atoms with Crippen LogP contribution in [-0.2, 0) is 14.4 Å². The lowest BCUT2D eigenvalue weighted by molar-refractivity contribution is -0.132. The summed E-state index contributed by atoms with van der Waals surface area (Å²) in [6, 6.07) is 55.0. The van der Waals surface area contributed by atoms with Gasteiger partial charge in [-0.3, -0.25) is 14.4 Å². The number of hydrogen-bond acceptors (Lipinski definition) is 6. The van der Waals surface area contributed by atoms with Crippen LogP contribution in [0.2, 0.25) is 0 Å². The summed E-state index contributed by atoms with van der Waals surface area (Å²) in [6.45, 7) is 13.4. The summed E-state index contributed by atoms with van der Waals surface area (Å²) in [5.41, 5.74) is 14.0. The molecule has 9 nitrogen and oxygen atoms in total. The van der Waals surface area contributed by atoms with Crippen LogP contribution < -0.4 is 14.7 Å². The van der Waals surface area contributed by atoms with Gasteiger partial charge in [-0.05, 0) is 152 Å². The molecule has 0 atom stereocenters. The number of fused-ring (bicyclic) bond motifs is 3. The number of aromatic nitrogens is 3. The lowest BCUT2D eigenvalue weighted by Crippen LogP contribution is -2.47. The predicted octanol–water partition coefficient (Wildman–Crippen LogP) is 13.7. The number of anilines is 3. The number of carbonyl (C=O) groups excluding carboxylic acids is 3. The van der Waals surface area contributed by atoms with Crippen molar-refractivity contribution in [1.29, 1.82) is 0 Å². The van der Waals surface area contributed by atoms with Crippen molar-refractivity contribution in [3.63, 3.8) is 0 Å². The van der Waals surface area contributed by atoms with Gasteiger partial charge in [0.2, 0.25) is 17.7 Å². The second-order valence-corrected chi connectivity index (χ2v) is 19.4. The number of hydrogen-bond donors (Lipinski definition) is 0. The van der Waals surface area contributed by atoms with Crippen LogP contribution in [0.25, 0.3) is 66.5 Å². The number of rotatable bonds is 12. The Morgan fingerprint density at radius 2 is 0.639 bits per heavy atom. The molecule has 1 aliphatic rings. The van der Waals surface area contributed by atoms with Gasteiger partial charge in [0.05, 0.1) is 33.6 Å². The Bertz CT molecular complexity index is 3110. The minimum atomic E-state index is -0.570. The van der Waals surface area contributed by atoms with Gasteiger partial charge in [0.15, 0.2) is 0 Å². The summed E-state index contributed by atoms with van der Waals surface area (Å²) in [5.74, 6) is -1.97. The normalized spacial score (nSPS) is 15.7. The Morgan fingerprint density at radius 3 is 0.889 bits per heavy atom. The van der Waals surface area contributed by atoms with E-state index in [2.05, 4.69) is 75.4 Å². The van der Waals surface area contributed by atoms with Crippen LogP contribution in [0.5, 0.6) is 0 Å². The molecule has 3 heterocycles. The van der Waals surface area contributed by atoms with E-state index in [-0.39, 0.29) is 17.7 Å². The molecule has 0 radical (unpaired) electrons. The molecule has 6 aromatic carbocycles. The highest BCUT2D eigenvalue weighted by atomic mass is 16.2. The molecule has 0 saturated heterocycles. The van der Waals surface area contributed by atoms with E-state index in [1.54, 1.807) is 14.7 Å². The van der Waals surface area contributed by atoms with Crippen LogP contribution in [-0.4, -0.2) is 52.3 Å². The lowest BCUT2D eigenvalue weighted by Gasteiger charge is -2.38. The zero-order valence-electron chi connectivity index (χ0n) is 42.0. The molecule has 9 aromatic rings. The largest absolute Gasteiger partial charge is 0.312 e. The lowest BCUT2D eigenvalue weighted by atomic mass is 9.73. The second kappa shape index (κ2) is 20.4. The maximum Gasteiger partial charge on any atom is 0.230 e. The molecule has 0 bridgehead atoms. The Morgan fingerprint density at radius 1 is 0.375 bits per heavy atom. The minimum Gasteiger partial charge on any atom is -0.312 e. The van der Waals surface area contributed by atoms with Crippen molar-refractivity contribution in [3.8, 4) is 33.8 Å². The summed E-state index contributed by atoms with van der Waals surface area (Å²) in [5, 5.41) is 3.27. The maximum atomic E-state index is 15.0. The molecular formula is C63H60N6O3. The average molecular weight is 949 g/mol. The first-order valence-electron chi connectivity index (χ1n) is 25.3. The third-order valence-electron chi connectivity index (χ3n) is 14.5. The third kappa shape index (κ3) is 9.71. The molecule has 0 aliphatic heterocycles. The van der Waals surface area contributed by atoms with Crippen LogP contribution in [0.3, 0.4) is 0 Å². The number of carbonyl (C=O) groups is 3. The number of aryl methyl sites for hydroxylation is 3. The maximum absolute atomic E-state index is 15.0. The van der Waals surface area contributed by atoms with Crippen molar-refractivity contribution in [2.75, 3.05) is 34.3 Å². The van der Waals surface area contributed by atoms with Gasteiger partial charge in [-0.2, -0.15) is 0 Å². The van der Waals surface area contributed by atoms with Gasteiger partial charge in [0.25, 0.3) is 0 Å². The van der Waals surface area contributed by atoms with Gasteiger partial charge in [-0.15, -0.1) is 0 Å². The van der Waals surface area contributed by atoms with E-state index in [1.165, 1.54) is 16.7 Å². The first-order valence-corrected chi connectivity index (χ1v) is 25.3. The fraction of sp³-hybridized carbons (Fsp3) is 0.238. The Balaban J connectivity index is 0.923. The van der Waals surface area contributed by atoms with Crippen molar-refractivity contribution in [2.45, 2.75) is 60.8 Å². The van der Waals surface area contributed by atoms with E-state index in [0.717, 1.165) is 83.5 Å². The molecule has 72 heavy (non-hydrogen) atoms. The molecule has 0 spiro atoms. The van der Waals surface area contributed by atoms with Crippen molar-refractivity contribution in [2.24, 2.45) is 17.8 Å². The molecule has 1 aliphatic carbocycles. The second-order valence-electron chi connectivity index (χ2n) is 19.4. The number of pyridine rings is 3. The number of nitrogens with zero attached hydrogens (tertiary/aromatic N) is 6. The summed E-state index contributed by atoms with van der Waals surface area (Å²) < 4.78 is 0. The monoisotopic (exact) mass is 948 g/mol. The molecule has 1 fully saturated rings. The fourth-order valence-electron chi connectivity index (χ4n) is 10.6. The SMILES string of the molecule is CCN(C(=O)C1CC(C(=O)N(CC)c2ccc(-c3ccc4cc(C)ccc4n3)cc2)CC(C(=O)N(CC)c2ccc(-c3ccc4cc(C)ccc4n3)cc2)C1)c1ccc(-c2ccc3cc(C)ccc3n2)cc1. The van der Waals surface area contributed by atoms with E-state index in [0.29, 0.717) is 38.9 Å². The molecule has 9 heteroatoms. The standard InChI is InChI=1S/C63H60N6O3/c1-7-67(52-22-13-43(14-23-52)55-31-19-46-34-40(4)10-28-58(46)64-55)61(70)49-37-50(62(71)68(8-2)53-24-15-44(16-25-53)56-32-20-47-35-41(5)11-29-59(47)65-56)39-51(38-49)63(72)69(9-3)54-26-17-45(18-27-54)57-33-21-48-36-42(6)12-30-60(48)66-57/h10-36,49-51H,7-9,37-39H2,1-6H3. The molecule has 360 valence electrons. The zero-order valence-corrected chi connectivity index (χ0v) is 42.0. The number of amides is 3. The van der Waals surface area contributed by atoms with Gasteiger partial charge in [-0.25, -0.2) is 15.0 Å².